The van der Waals surface area contributed by atoms with Crippen LogP contribution in [0.4, 0.5) is 0 Å². The molecule has 0 amide bonds. The highest BCUT2D eigenvalue weighted by Gasteiger charge is 2.38. The number of likely N-dealkylation sites (tertiary alicyclic amines) is 1. The van der Waals surface area contributed by atoms with Gasteiger partial charge in [-0.3, -0.25) is 4.90 Å². The Labute approximate surface area is 87.6 Å². The fourth-order valence-electron chi connectivity index (χ4n) is 2.49. The van der Waals surface area contributed by atoms with Crippen LogP contribution < -0.4 is 0 Å². The molecule has 0 aromatic heterocycles. The first-order valence-electron chi connectivity index (χ1n) is 5.89. The van der Waals surface area contributed by atoms with Crippen molar-refractivity contribution in [2.45, 2.75) is 70.7 Å². The third-order valence-electron chi connectivity index (χ3n) is 3.31. The highest BCUT2D eigenvalue weighted by Crippen LogP contribution is 2.32. The van der Waals surface area contributed by atoms with Gasteiger partial charge in [-0.1, -0.05) is 0 Å². The predicted molar refractivity (Wildman–Crippen MR) is 58.4 cm³/mol. The molecule has 2 fully saturated rings. The average molecular weight is 197 g/mol. The number of hydrogen-bond donors (Lipinski definition) is 0. The fourth-order valence-corrected chi connectivity index (χ4v) is 2.49. The van der Waals surface area contributed by atoms with Crippen molar-refractivity contribution >= 4 is 0 Å². The molecular formula is C12H23NO. The SMILES string of the molecule is C[C@H]1CC(OC2CC2)CN1C(C)(C)C. The van der Waals surface area contributed by atoms with E-state index in [1.54, 1.807) is 0 Å². The van der Waals surface area contributed by atoms with Crippen LogP contribution in [0.3, 0.4) is 0 Å². The van der Waals surface area contributed by atoms with Gasteiger partial charge in [-0.15, -0.1) is 0 Å². The summed E-state index contributed by atoms with van der Waals surface area (Å²) in [6.45, 7) is 10.3. The van der Waals surface area contributed by atoms with Gasteiger partial charge in [0, 0.05) is 18.1 Å². The molecule has 2 aliphatic rings. The van der Waals surface area contributed by atoms with Crippen LogP contribution in [-0.2, 0) is 4.74 Å². The molecule has 1 unspecified atom stereocenters. The highest BCUT2D eigenvalue weighted by molar-refractivity contribution is 4.92. The molecule has 82 valence electrons. The van der Waals surface area contributed by atoms with E-state index in [2.05, 4.69) is 32.6 Å². The summed E-state index contributed by atoms with van der Waals surface area (Å²) in [4.78, 5) is 2.57. The number of nitrogens with zero attached hydrogens (tertiary/aromatic N) is 1. The van der Waals surface area contributed by atoms with Crippen LogP contribution in [0, 0.1) is 0 Å². The summed E-state index contributed by atoms with van der Waals surface area (Å²) in [7, 11) is 0. The van der Waals surface area contributed by atoms with Crippen LogP contribution in [0.2, 0.25) is 0 Å². The van der Waals surface area contributed by atoms with Gasteiger partial charge in [0.15, 0.2) is 0 Å². The second-order valence-electron chi connectivity index (χ2n) is 5.87. The normalized spacial score (nSPS) is 35.1. The summed E-state index contributed by atoms with van der Waals surface area (Å²) in [6.07, 6.45) is 4.90. The summed E-state index contributed by atoms with van der Waals surface area (Å²) in [6, 6.07) is 0.679. The topological polar surface area (TPSA) is 12.5 Å². The lowest BCUT2D eigenvalue weighted by Crippen LogP contribution is -2.43. The van der Waals surface area contributed by atoms with Crippen LogP contribution in [0.1, 0.15) is 47.0 Å². The Morgan fingerprint density at radius 1 is 1.14 bits per heavy atom. The van der Waals surface area contributed by atoms with Crippen molar-refractivity contribution in [2.24, 2.45) is 0 Å². The van der Waals surface area contributed by atoms with Crippen LogP contribution >= 0.6 is 0 Å². The van der Waals surface area contributed by atoms with Crippen LogP contribution in [0.5, 0.6) is 0 Å². The van der Waals surface area contributed by atoms with E-state index < -0.39 is 0 Å². The van der Waals surface area contributed by atoms with Gasteiger partial charge < -0.3 is 4.74 Å². The predicted octanol–water partition coefficient (Wildman–Crippen LogP) is 2.43. The molecule has 0 N–H and O–H groups in total. The summed E-state index contributed by atoms with van der Waals surface area (Å²) >= 11 is 0. The summed E-state index contributed by atoms with van der Waals surface area (Å²) in [5, 5.41) is 0. The van der Waals surface area contributed by atoms with Crippen molar-refractivity contribution in [1.29, 1.82) is 0 Å². The Bertz CT molecular complexity index is 205. The Morgan fingerprint density at radius 2 is 1.79 bits per heavy atom. The molecule has 1 heterocycles. The summed E-state index contributed by atoms with van der Waals surface area (Å²) in [5.74, 6) is 0. The Hall–Kier alpha value is -0.0800. The van der Waals surface area contributed by atoms with Crippen molar-refractivity contribution in [3.63, 3.8) is 0 Å². The molecule has 0 aromatic rings. The average Bonchev–Trinajstić information content (AvgIpc) is 2.73. The minimum absolute atomic E-state index is 0.293. The van der Waals surface area contributed by atoms with E-state index in [-0.39, 0.29) is 0 Å². The van der Waals surface area contributed by atoms with Crippen molar-refractivity contribution in [2.75, 3.05) is 6.54 Å². The van der Waals surface area contributed by atoms with Crippen LogP contribution in [0.25, 0.3) is 0 Å². The lowest BCUT2D eigenvalue weighted by Gasteiger charge is -2.35. The van der Waals surface area contributed by atoms with Gasteiger partial charge in [0.05, 0.1) is 12.2 Å². The largest absolute Gasteiger partial charge is 0.374 e. The van der Waals surface area contributed by atoms with Gasteiger partial charge in [-0.2, -0.15) is 0 Å². The molecule has 1 saturated heterocycles. The highest BCUT2D eigenvalue weighted by atomic mass is 16.5. The minimum Gasteiger partial charge on any atom is -0.374 e. The molecule has 1 aliphatic carbocycles. The maximum Gasteiger partial charge on any atom is 0.0720 e. The third kappa shape index (κ3) is 2.29. The fraction of sp³-hybridized carbons (Fsp3) is 1.00. The van der Waals surface area contributed by atoms with E-state index in [1.165, 1.54) is 19.3 Å². The zero-order valence-corrected chi connectivity index (χ0v) is 9.92. The summed E-state index contributed by atoms with van der Waals surface area (Å²) < 4.78 is 5.98. The minimum atomic E-state index is 0.293. The van der Waals surface area contributed by atoms with E-state index in [0.717, 1.165) is 6.54 Å². The van der Waals surface area contributed by atoms with Gasteiger partial charge >= 0.3 is 0 Å². The molecule has 1 saturated carbocycles. The molecule has 0 radical (unpaired) electrons. The Morgan fingerprint density at radius 3 is 2.21 bits per heavy atom. The second-order valence-corrected chi connectivity index (χ2v) is 5.87. The molecular weight excluding hydrogens is 174 g/mol. The van der Waals surface area contributed by atoms with Crippen LogP contribution in [0.15, 0.2) is 0 Å². The van der Waals surface area contributed by atoms with E-state index in [4.69, 9.17) is 4.74 Å². The molecule has 0 spiro atoms. The molecule has 1 aliphatic heterocycles. The first-order chi connectivity index (χ1) is 6.47. The van der Waals surface area contributed by atoms with E-state index in [0.29, 0.717) is 23.8 Å². The van der Waals surface area contributed by atoms with Crippen molar-refractivity contribution in [3.8, 4) is 0 Å². The zero-order valence-electron chi connectivity index (χ0n) is 9.92. The molecule has 0 aromatic carbocycles. The number of rotatable bonds is 2. The zero-order chi connectivity index (χ0) is 10.3. The molecule has 2 nitrogen and oxygen atoms in total. The van der Waals surface area contributed by atoms with E-state index in [9.17, 15) is 0 Å². The Balaban J connectivity index is 1.89. The standard InChI is InChI=1S/C12H23NO/c1-9-7-11(14-10-5-6-10)8-13(9)12(2,3)4/h9-11H,5-8H2,1-4H3/t9-,11?/m0/s1. The van der Waals surface area contributed by atoms with Crippen LogP contribution in [-0.4, -0.2) is 35.2 Å². The van der Waals surface area contributed by atoms with Crippen molar-refractivity contribution in [1.82, 2.24) is 4.90 Å². The lowest BCUT2D eigenvalue weighted by molar-refractivity contribution is 0.0366. The molecule has 2 atom stereocenters. The van der Waals surface area contributed by atoms with Crippen molar-refractivity contribution in [3.05, 3.63) is 0 Å². The summed E-state index contributed by atoms with van der Waals surface area (Å²) in [5.41, 5.74) is 0.293. The van der Waals surface area contributed by atoms with Crippen molar-refractivity contribution < 1.29 is 4.74 Å². The van der Waals surface area contributed by atoms with Gasteiger partial charge in [0.1, 0.15) is 0 Å². The Kier molecular flexibility index (Phi) is 2.61. The van der Waals surface area contributed by atoms with Gasteiger partial charge in [-0.25, -0.2) is 0 Å². The maximum absolute atomic E-state index is 5.98. The van der Waals surface area contributed by atoms with E-state index in [1.807, 2.05) is 0 Å². The monoisotopic (exact) mass is 197 g/mol. The molecule has 2 rings (SSSR count). The van der Waals surface area contributed by atoms with Gasteiger partial charge in [0.25, 0.3) is 0 Å². The first-order valence-corrected chi connectivity index (χ1v) is 5.89. The van der Waals surface area contributed by atoms with Gasteiger partial charge in [0.2, 0.25) is 0 Å². The lowest BCUT2D eigenvalue weighted by atomic mass is 10.1. The van der Waals surface area contributed by atoms with Gasteiger partial charge in [-0.05, 0) is 47.0 Å². The second kappa shape index (κ2) is 3.49. The molecule has 14 heavy (non-hydrogen) atoms. The first kappa shape index (κ1) is 10.4. The van der Waals surface area contributed by atoms with E-state index >= 15 is 0 Å². The molecule has 2 heteroatoms. The third-order valence-corrected chi connectivity index (χ3v) is 3.31. The number of ether oxygens (including phenoxy) is 1. The maximum atomic E-state index is 5.98. The molecule has 0 bridgehead atoms. The number of hydrogen-bond acceptors (Lipinski definition) is 2. The quantitative estimate of drug-likeness (QED) is 0.674. The smallest absolute Gasteiger partial charge is 0.0720 e.